The number of imidazole rings is 1. The number of hydrogen-bond donors (Lipinski definition) is 1. The number of aryl methyl sites for hydroxylation is 2. The lowest BCUT2D eigenvalue weighted by atomic mass is 10.3. The summed E-state index contributed by atoms with van der Waals surface area (Å²) in [6, 6.07) is 2.13. The van der Waals surface area contributed by atoms with Crippen molar-refractivity contribution >= 4 is 23.4 Å². The van der Waals surface area contributed by atoms with Crippen LogP contribution in [0, 0.1) is 4.77 Å². The summed E-state index contributed by atoms with van der Waals surface area (Å²) in [4.78, 5) is 3.29. The number of aromatic amines is 1. The van der Waals surface area contributed by atoms with E-state index in [2.05, 4.69) is 33.6 Å². The summed E-state index contributed by atoms with van der Waals surface area (Å²) in [5.41, 5.74) is 3.15. The molecule has 0 bridgehead atoms. The second-order valence-corrected chi connectivity index (χ2v) is 5.39. The topological polar surface area (TPSA) is 56.4 Å². The van der Waals surface area contributed by atoms with E-state index in [4.69, 9.17) is 12.2 Å². The van der Waals surface area contributed by atoms with E-state index < -0.39 is 0 Å². The summed E-state index contributed by atoms with van der Waals surface area (Å²) in [5.74, 6) is 0. The molecule has 0 radical (unpaired) electrons. The molecule has 3 aromatic heterocycles. The monoisotopic (exact) mass is 290 g/mol. The Bertz CT molecular complexity index is 776. The Labute approximate surface area is 122 Å². The first-order chi connectivity index (χ1) is 9.61. The third-order valence-corrected chi connectivity index (χ3v) is 3.85. The van der Waals surface area contributed by atoms with Crippen LogP contribution in [-0.2, 0) is 20.0 Å². The predicted octanol–water partition coefficient (Wildman–Crippen LogP) is 2.45. The highest BCUT2D eigenvalue weighted by Gasteiger charge is 2.18. The van der Waals surface area contributed by atoms with Crippen molar-refractivity contribution in [1.82, 2.24) is 29.1 Å². The molecule has 106 valence electrons. The molecule has 3 aromatic rings. The van der Waals surface area contributed by atoms with Crippen molar-refractivity contribution in [3.05, 3.63) is 28.9 Å². The van der Waals surface area contributed by atoms with Crippen LogP contribution in [0.3, 0.4) is 0 Å². The lowest BCUT2D eigenvalue weighted by Crippen LogP contribution is -2.15. The van der Waals surface area contributed by atoms with Crippen LogP contribution in [0.15, 0.2) is 18.5 Å². The predicted molar refractivity (Wildman–Crippen MR) is 80.2 cm³/mol. The number of fused-ring (bicyclic) bond motifs is 1. The van der Waals surface area contributed by atoms with Gasteiger partial charge in [0.25, 0.3) is 0 Å². The first kappa shape index (κ1) is 13.1. The molecular weight excluding hydrogens is 272 g/mol. The zero-order valence-corrected chi connectivity index (χ0v) is 12.7. The summed E-state index contributed by atoms with van der Waals surface area (Å²) < 4.78 is 6.68. The summed E-state index contributed by atoms with van der Waals surface area (Å²) in [7, 11) is 1.96. The molecule has 0 aliphatic heterocycles. The van der Waals surface area contributed by atoms with Crippen LogP contribution in [0.1, 0.15) is 25.6 Å². The van der Waals surface area contributed by atoms with Gasteiger partial charge in [-0.2, -0.15) is 10.2 Å². The normalized spacial score (nSPS) is 13.2. The zero-order chi connectivity index (χ0) is 14.3. The second kappa shape index (κ2) is 4.90. The minimum Gasteiger partial charge on any atom is -0.328 e. The SMILES string of the molecule is CCc1nn(C)c2c1[nH]c(=S)n2C(C)Cn1cccn1. The minimum atomic E-state index is 0.205. The molecule has 0 aromatic carbocycles. The van der Waals surface area contributed by atoms with Gasteiger partial charge in [0.1, 0.15) is 5.52 Å². The smallest absolute Gasteiger partial charge is 0.179 e. The van der Waals surface area contributed by atoms with Crippen molar-refractivity contribution in [2.45, 2.75) is 32.9 Å². The van der Waals surface area contributed by atoms with Gasteiger partial charge in [-0.3, -0.25) is 13.9 Å². The second-order valence-electron chi connectivity index (χ2n) is 5.00. The Hall–Kier alpha value is -1.89. The average molecular weight is 290 g/mol. The van der Waals surface area contributed by atoms with Gasteiger partial charge in [0.2, 0.25) is 0 Å². The average Bonchev–Trinajstić information content (AvgIpc) is 3.08. The third-order valence-electron chi connectivity index (χ3n) is 3.55. The highest BCUT2D eigenvalue weighted by atomic mass is 32.1. The van der Waals surface area contributed by atoms with Gasteiger partial charge >= 0.3 is 0 Å². The third kappa shape index (κ3) is 1.98. The number of H-pyrrole nitrogens is 1. The number of nitrogens with one attached hydrogen (secondary N) is 1. The fourth-order valence-electron chi connectivity index (χ4n) is 2.65. The summed E-state index contributed by atoms with van der Waals surface area (Å²) in [6.45, 7) is 5.02. The first-order valence-corrected chi connectivity index (χ1v) is 7.16. The minimum absolute atomic E-state index is 0.205. The quantitative estimate of drug-likeness (QED) is 0.751. The maximum Gasteiger partial charge on any atom is 0.179 e. The fourth-order valence-corrected chi connectivity index (χ4v) is 3.02. The van der Waals surface area contributed by atoms with Crippen molar-refractivity contribution in [1.29, 1.82) is 0 Å². The van der Waals surface area contributed by atoms with E-state index in [1.165, 1.54) is 0 Å². The highest BCUT2D eigenvalue weighted by molar-refractivity contribution is 7.71. The van der Waals surface area contributed by atoms with Crippen molar-refractivity contribution in [2.24, 2.45) is 7.05 Å². The molecule has 20 heavy (non-hydrogen) atoms. The molecule has 0 spiro atoms. The van der Waals surface area contributed by atoms with Crippen molar-refractivity contribution < 1.29 is 0 Å². The van der Waals surface area contributed by atoms with E-state index in [1.807, 2.05) is 28.7 Å². The molecule has 1 unspecified atom stereocenters. The van der Waals surface area contributed by atoms with E-state index in [0.717, 1.165) is 34.6 Å². The Balaban J connectivity index is 2.08. The van der Waals surface area contributed by atoms with Gasteiger partial charge in [0.05, 0.1) is 18.3 Å². The summed E-state index contributed by atoms with van der Waals surface area (Å²) in [5, 5.41) is 8.80. The van der Waals surface area contributed by atoms with Crippen molar-refractivity contribution in [3.63, 3.8) is 0 Å². The van der Waals surface area contributed by atoms with E-state index in [1.54, 1.807) is 6.20 Å². The molecule has 0 amide bonds. The van der Waals surface area contributed by atoms with Gasteiger partial charge in [-0.15, -0.1) is 0 Å². The molecule has 0 saturated heterocycles. The standard InChI is InChI=1S/C13H18N6S/c1-4-10-11-12(17(3)16-10)19(13(20)15-11)9(2)8-18-7-5-6-14-18/h5-7,9H,4,8H2,1-3H3,(H,15,20). The number of hydrogen-bond acceptors (Lipinski definition) is 3. The first-order valence-electron chi connectivity index (χ1n) is 6.75. The largest absolute Gasteiger partial charge is 0.328 e. The molecule has 0 aliphatic carbocycles. The molecule has 0 saturated carbocycles. The van der Waals surface area contributed by atoms with Gasteiger partial charge in [-0.05, 0) is 31.6 Å². The molecule has 3 heterocycles. The van der Waals surface area contributed by atoms with Crippen molar-refractivity contribution in [2.75, 3.05) is 0 Å². The number of rotatable bonds is 4. The lowest BCUT2D eigenvalue weighted by molar-refractivity contribution is 0.436. The van der Waals surface area contributed by atoms with Gasteiger partial charge in [0.15, 0.2) is 10.4 Å². The Morgan fingerprint density at radius 1 is 1.45 bits per heavy atom. The highest BCUT2D eigenvalue weighted by Crippen LogP contribution is 2.22. The van der Waals surface area contributed by atoms with E-state index in [9.17, 15) is 0 Å². The number of nitrogens with zero attached hydrogens (tertiary/aromatic N) is 5. The van der Waals surface area contributed by atoms with Gasteiger partial charge in [-0.1, -0.05) is 6.92 Å². The molecular formula is C13H18N6S. The van der Waals surface area contributed by atoms with Crippen LogP contribution in [0.25, 0.3) is 11.2 Å². The Kier molecular flexibility index (Phi) is 3.21. The molecule has 6 nitrogen and oxygen atoms in total. The maximum atomic E-state index is 5.48. The Morgan fingerprint density at radius 3 is 2.90 bits per heavy atom. The van der Waals surface area contributed by atoms with Crippen molar-refractivity contribution in [3.8, 4) is 0 Å². The van der Waals surface area contributed by atoms with Gasteiger partial charge < -0.3 is 4.98 Å². The van der Waals surface area contributed by atoms with Gasteiger partial charge in [0, 0.05) is 19.4 Å². The van der Waals surface area contributed by atoms with E-state index in [-0.39, 0.29) is 6.04 Å². The van der Waals surface area contributed by atoms with Crippen LogP contribution in [0.4, 0.5) is 0 Å². The molecule has 1 N–H and O–H groups in total. The van der Waals surface area contributed by atoms with Crippen LogP contribution in [-0.4, -0.2) is 29.1 Å². The molecule has 1 atom stereocenters. The lowest BCUT2D eigenvalue weighted by Gasteiger charge is -2.14. The van der Waals surface area contributed by atoms with Crippen LogP contribution >= 0.6 is 12.2 Å². The maximum absolute atomic E-state index is 5.48. The molecule has 0 fully saturated rings. The summed E-state index contributed by atoms with van der Waals surface area (Å²) in [6.07, 6.45) is 4.64. The molecule has 3 rings (SSSR count). The molecule has 0 aliphatic rings. The van der Waals surface area contributed by atoms with E-state index in [0.29, 0.717) is 0 Å². The van der Waals surface area contributed by atoms with E-state index >= 15 is 0 Å². The van der Waals surface area contributed by atoms with Crippen LogP contribution in [0.5, 0.6) is 0 Å². The Morgan fingerprint density at radius 2 is 2.25 bits per heavy atom. The van der Waals surface area contributed by atoms with Crippen LogP contribution in [0.2, 0.25) is 0 Å². The zero-order valence-electron chi connectivity index (χ0n) is 11.9. The van der Waals surface area contributed by atoms with Gasteiger partial charge in [-0.25, -0.2) is 0 Å². The molecule has 7 heteroatoms. The van der Waals surface area contributed by atoms with Crippen LogP contribution < -0.4 is 0 Å². The fraction of sp³-hybridized carbons (Fsp3) is 0.462. The number of aromatic nitrogens is 6. The summed E-state index contributed by atoms with van der Waals surface area (Å²) >= 11 is 5.48.